The van der Waals surface area contributed by atoms with Crippen molar-refractivity contribution in [2.75, 3.05) is 32.5 Å². The molecule has 7 heteroatoms. The van der Waals surface area contributed by atoms with Crippen molar-refractivity contribution in [2.45, 2.75) is 26.8 Å². The Kier molecular flexibility index (Phi) is 4.74. The van der Waals surface area contributed by atoms with E-state index in [1.807, 2.05) is 0 Å². The Morgan fingerprint density at radius 3 is 2.56 bits per heavy atom. The van der Waals surface area contributed by atoms with Crippen LogP contribution in [0.5, 0.6) is 0 Å². The number of nitrogens with zero attached hydrogens (tertiary/aromatic N) is 1. The number of ether oxygens (including phenoxy) is 1. The molecule has 1 fully saturated rings. The highest BCUT2D eigenvalue weighted by molar-refractivity contribution is 7.88. The van der Waals surface area contributed by atoms with Crippen LogP contribution in [0.3, 0.4) is 0 Å². The standard InChI is InChI=1S/C11H22N2O4S/c1-11(2,3)10(14)17-8-9-7-12-5-6-13(9)18(4,15)16/h9,12H,5-8H2,1-4H3. The molecule has 1 heterocycles. The molecule has 106 valence electrons. The highest BCUT2D eigenvalue weighted by Crippen LogP contribution is 2.16. The van der Waals surface area contributed by atoms with Crippen molar-refractivity contribution in [2.24, 2.45) is 5.41 Å². The molecule has 0 spiro atoms. The molecule has 0 aromatic carbocycles. The maximum Gasteiger partial charge on any atom is 0.311 e. The van der Waals surface area contributed by atoms with Crippen molar-refractivity contribution < 1.29 is 17.9 Å². The van der Waals surface area contributed by atoms with Gasteiger partial charge in [-0.3, -0.25) is 4.79 Å². The fraction of sp³-hybridized carbons (Fsp3) is 0.909. The molecule has 1 N–H and O–H groups in total. The van der Waals surface area contributed by atoms with Crippen LogP contribution < -0.4 is 5.32 Å². The van der Waals surface area contributed by atoms with E-state index in [1.54, 1.807) is 20.8 Å². The average molecular weight is 278 g/mol. The second-order valence-corrected chi connectivity index (χ2v) is 7.52. The van der Waals surface area contributed by atoms with Gasteiger partial charge in [-0.15, -0.1) is 0 Å². The van der Waals surface area contributed by atoms with E-state index in [0.717, 1.165) is 0 Å². The van der Waals surface area contributed by atoms with E-state index in [4.69, 9.17) is 4.74 Å². The number of hydrogen-bond donors (Lipinski definition) is 1. The lowest BCUT2D eigenvalue weighted by Gasteiger charge is -2.34. The summed E-state index contributed by atoms with van der Waals surface area (Å²) in [6.07, 6.45) is 1.18. The molecule has 0 radical (unpaired) electrons. The van der Waals surface area contributed by atoms with Crippen molar-refractivity contribution in [1.29, 1.82) is 0 Å². The minimum atomic E-state index is -3.26. The van der Waals surface area contributed by atoms with Gasteiger partial charge in [-0.2, -0.15) is 4.31 Å². The topological polar surface area (TPSA) is 75.7 Å². The zero-order chi connectivity index (χ0) is 14.0. The first-order valence-corrected chi connectivity index (χ1v) is 7.82. The molecule has 0 aliphatic carbocycles. The number of esters is 1. The minimum Gasteiger partial charge on any atom is -0.464 e. The van der Waals surface area contributed by atoms with E-state index in [9.17, 15) is 13.2 Å². The van der Waals surface area contributed by atoms with Gasteiger partial charge in [-0.25, -0.2) is 8.42 Å². The molecular weight excluding hydrogens is 256 g/mol. The number of carbonyl (C=O) groups is 1. The Morgan fingerprint density at radius 1 is 1.44 bits per heavy atom. The van der Waals surface area contributed by atoms with Crippen LogP contribution in [0.4, 0.5) is 0 Å². The van der Waals surface area contributed by atoms with Crippen LogP contribution in [0.15, 0.2) is 0 Å². The monoisotopic (exact) mass is 278 g/mol. The van der Waals surface area contributed by atoms with Crippen molar-refractivity contribution in [3.05, 3.63) is 0 Å². The van der Waals surface area contributed by atoms with E-state index in [2.05, 4.69) is 5.32 Å². The van der Waals surface area contributed by atoms with Gasteiger partial charge in [0.25, 0.3) is 0 Å². The predicted octanol–water partition coefficient (Wildman–Crippen LogP) is -0.191. The van der Waals surface area contributed by atoms with E-state index < -0.39 is 15.4 Å². The van der Waals surface area contributed by atoms with Crippen LogP contribution in [0.1, 0.15) is 20.8 Å². The average Bonchev–Trinajstić information content (AvgIpc) is 2.23. The first kappa shape index (κ1) is 15.4. The lowest BCUT2D eigenvalue weighted by Crippen LogP contribution is -2.55. The van der Waals surface area contributed by atoms with Gasteiger partial charge >= 0.3 is 5.97 Å². The summed E-state index contributed by atoms with van der Waals surface area (Å²) in [6.45, 7) is 6.93. The molecule has 1 unspecified atom stereocenters. The summed E-state index contributed by atoms with van der Waals surface area (Å²) in [4.78, 5) is 11.7. The Balaban J connectivity index is 2.62. The third kappa shape index (κ3) is 4.22. The third-order valence-corrected chi connectivity index (χ3v) is 4.07. The van der Waals surface area contributed by atoms with Crippen LogP contribution in [0, 0.1) is 5.41 Å². The van der Waals surface area contributed by atoms with Gasteiger partial charge < -0.3 is 10.1 Å². The van der Waals surface area contributed by atoms with E-state index in [0.29, 0.717) is 19.6 Å². The minimum absolute atomic E-state index is 0.0934. The number of carbonyl (C=O) groups excluding carboxylic acids is 1. The SMILES string of the molecule is CC(C)(C)C(=O)OCC1CNCCN1S(C)(=O)=O. The summed E-state index contributed by atoms with van der Waals surface area (Å²) in [7, 11) is -3.26. The highest BCUT2D eigenvalue weighted by Gasteiger charge is 2.31. The van der Waals surface area contributed by atoms with Crippen molar-refractivity contribution in [3.8, 4) is 0 Å². The molecule has 0 bridgehead atoms. The van der Waals surface area contributed by atoms with Crippen molar-refractivity contribution >= 4 is 16.0 Å². The molecule has 1 aliphatic heterocycles. The van der Waals surface area contributed by atoms with Crippen LogP contribution in [-0.4, -0.2) is 57.2 Å². The van der Waals surface area contributed by atoms with Crippen molar-refractivity contribution in [1.82, 2.24) is 9.62 Å². The quantitative estimate of drug-likeness (QED) is 0.724. The number of hydrogen-bond acceptors (Lipinski definition) is 5. The Morgan fingerprint density at radius 2 is 2.06 bits per heavy atom. The molecule has 18 heavy (non-hydrogen) atoms. The zero-order valence-corrected chi connectivity index (χ0v) is 12.2. The number of sulfonamides is 1. The second kappa shape index (κ2) is 5.54. The fourth-order valence-corrected chi connectivity index (χ4v) is 2.81. The summed E-state index contributed by atoms with van der Waals surface area (Å²) >= 11 is 0. The highest BCUT2D eigenvalue weighted by atomic mass is 32.2. The Hall–Kier alpha value is -0.660. The Labute approximate surface area is 109 Å². The molecule has 1 aliphatic rings. The first-order chi connectivity index (χ1) is 8.12. The van der Waals surface area contributed by atoms with Gasteiger partial charge in [0.15, 0.2) is 0 Å². The van der Waals surface area contributed by atoms with Crippen LogP contribution >= 0.6 is 0 Å². The van der Waals surface area contributed by atoms with Gasteiger partial charge in [-0.05, 0) is 20.8 Å². The first-order valence-electron chi connectivity index (χ1n) is 5.97. The molecule has 1 atom stereocenters. The molecule has 0 aromatic rings. The maximum absolute atomic E-state index is 11.7. The molecule has 1 rings (SSSR count). The largest absolute Gasteiger partial charge is 0.464 e. The third-order valence-electron chi connectivity index (χ3n) is 2.74. The van der Waals surface area contributed by atoms with E-state index in [-0.39, 0.29) is 18.6 Å². The molecule has 6 nitrogen and oxygen atoms in total. The van der Waals surface area contributed by atoms with Crippen LogP contribution in [0.25, 0.3) is 0 Å². The molecule has 0 saturated carbocycles. The summed E-state index contributed by atoms with van der Waals surface area (Å²) in [6, 6.07) is -0.319. The summed E-state index contributed by atoms with van der Waals surface area (Å²) in [5.41, 5.74) is -0.571. The Bertz CT molecular complexity index is 400. The molecule has 0 aromatic heterocycles. The van der Waals surface area contributed by atoms with E-state index >= 15 is 0 Å². The number of piperazine rings is 1. The molecule has 1 saturated heterocycles. The lowest BCUT2D eigenvalue weighted by molar-refractivity contribution is -0.154. The van der Waals surface area contributed by atoms with Gasteiger partial charge in [0.2, 0.25) is 10.0 Å². The van der Waals surface area contributed by atoms with Crippen LogP contribution in [-0.2, 0) is 19.6 Å². The zero-order valence-electron chi connectivity index (χ0n) is 11.4. The number of rotatable bonds is 3. The summed E-state index contributed by atoms with van der Waals surface area (Å²) in [5.74, 6) is -0.318. The molecule has 0 amide bonds. The molecular formula is C11H22N2O4S. The van der Waals surface area contributed by atoms with Gasteiger partial charge in [0, 0.05) is 19.6 Å². The van der Waals surface area contributed by atoms with Crippen molar-refractivity contribution in [3.63, 3.8) is 0 Å². The second-order valence-electron chi connectivity index (χ2n) is 5.58. The van der Waals surface area contributed by atoms with E-state index in [1.165, 1.54) is 10.6 Å². The maximum atomic E-state index is 11.7. The van der Waals surface area contributed by atoms with Gasteiger partial charge in [-0.1, -0.05) is 0 Å². The summed E-state index contributed by atoms with van der Waals surface area (Å²) < 4.78 is 29.8. The lowest BCUT2D eigenvalue weighted by atomic mass is 9.97. The summed E-state index contributed by atoms with van der Waals surface area (Å²) in [5, 5.41) is 3.10. The van der Waals surface area contributed by atoms with Gasteiger partial charge in [0.1, 0.15) is 6.61 Å². The fourth-order valence-electron chi connectivity index (χ4n) is 1.71. The number of nitrogens with one attached hydrogen (secondary N) is 1. The predicted molar refractivity (Wildman–Crippen MR) is 68.6 cm³/mol. The normalized spacial score (nSPS) is 22.8. The van der Waals surface area contributed by atoms with Gasteiger partial charge in [0.05, 0.1) is 17.7 Å². The smallest absolute Gasteiger partial charge is 0.311 e. The van der Waals surface area contributed by atoms with Crippen LogP contribution in [0.2, 0.25) is 0 Å².